The molecule has 0 aliphatic rings. The number of ketones is 1. The van der Waals surface area contributed by atoms with Crippen LogP contribution in [0.3, 0.4) is 0 Å². The lowest BCUT2D eigenvalue weighted by molar-refractivity contribution is -0.138. The van der Waals surface area contributed by atoms with Crippen molar-refractivity contribution in [3.63, 3.8) is 0 Å². The summed E-state index contributed by atoms with van der Waals surface area (Å²) in [6, 6.07) is 0.555. The Hall–Kier alpha value is -1.43. The van der Waals surface area contributed by atoms with E-state index in [-0.39, 0.29) is 11.4 Å². The number of aromatic nitrogens is 1. The SMILES string of the molecule is O=CCC(=O)c1cnc(Cl)cc1C(F)(F)F. The number of carbonyl (C=O) groups is 2. The number of alkyl halides is 3. The minimum atomic E-state index is -4.71. The minimum Gasteiger partial charge on any atom is -0.303 e. The highest BCUT2D eigenvalue weighted by molar-refractivity contribution is 6.29. The molecular formula is C9H5ClF3NO2. The van der Waals surface area contributed by atoms with Gasteiger partial charge in [0, 0.05) is 11.8 Å². The van der Waals surface area contributed by atoms with E-state index in [0.717, 1.165) is 6.20 Å². The van der Waals surface area contributed by atoms with Crippen molar-refractivity contribution < 1.29 is 22.8 Å². The van der Waals surface area contributed by atoms with E-state index in [0.29, 0.717) is 6.07 Å². The zero-order valence-electron chi connectivity index (χ0n) is 7.71. The average molecular weight is 252 g/mol. The van der Waals surface area contributed by atoms with Crippen molar-refractivity contribution in [1.29, 1.82) is 0 Å². The summed E-state index contributed by atoms with van der Waals surface area (Å²) in [4.78, 5) is 24.7. The predicted molar refractivity (Wildman–Crippen MR) is 49.3 cm³/mol. The van der Waals surface area contributed by atoms with Crippen LogP contribution in [0.1, 0.15) is 22.3 Å². The zero-order chi connectivity index (χ0) is 12.3. The van der Waals surface area contributed by atoms with Gasteiger partial charge >= 0.3 is 6.18 Å². The lowest BCUT2D eigenvalue weighted by atomic mass is 10.0. The number of rotatable bonds is 3. The van der Waals surface area contributed by atoms with Gasteiger partial charge in [-0.05, 0) is 6.07 Å². The smallest absolute Gasteiger partial charge is 0.303 e. The average Bonchev–Trinajstić information content (AvgIpc) is 2.16. The van der Waals surface area contributed by atoms with Crippen molar-refractivity contribution in [1.82, 2.24) is 4.98 Å². The molecular weight excluding hydrogens is 247 g/mol. The maximum Gasteiger partial charge on any atom is 0.417 e. The van der Waals surface area contributed by atoms with Crippen LogP contribution in [0.15, 0.2) is 12.3 Å². The van der Waals surface area contributed by atoms with Crippen molar-refractivity contribution >= 4 is 23.7 Å². The fraction of sp³-hybridized carbons (Fsp3) is 0.222. The minimum absolute atomic E-state index is 0.233. The summed E-state index contributed by atoms with van der Waals surface area (Å²) in [7, 11) is 0. The maximum absolute atomic E-state index is 12.5. The molecule has 86 valence electrons. The van der Waals surface area contributed by atoms with Crippen LogP contribution >= 0.6 is 11.6 Å². The second kappa shape index (κ2) is 4.61. The van der Waals surface area contributed by atoms with Crippen molar-refractivity contribution in [3.8, 4) is 0 Å². The van der Waals surface area contributed by atoms with Gasteiger partial charge in [-0.25, -0.2) is 4.98 Å². The standard InChI is InChI=1S/C9H5ClF3NO2/c10-8-3-6(9(11,12)13)5(4-14-8)7(16)1-2-15/h2-4H,1H2. The first-order valence-electron chi connectivity index (χ1n) is 4.06. The Balaban J connectivity index is 3.28. The Kier molecular flexibility index (Phi) is 3.64. The summed E-state index contributed by atoms with van der Waals surface area (Å²) in [5.41, 5.74) is -1.83. The number of aldehydes is 1. The quantitative estimate of drug-likeness (QED) is 0.359. The first-order valence-corrected chi connectivity index (χ1v) is 4.43. The molecule has 0 radical (unpaired) electrons. The summed E-state index contributed by atoms with van der Waals surface area (Å²) >= 11 is 5.31. The third-order valence-corrected chi connectivity index (χ3v) is 1.95. The molecule has 7 heteroatoms. The lowest BCUT2D eigenvalue weighted by Gasteiger charge is -2.10. The highest BCUT2D eigenvalue weighted by atomic mass is 35.5. The largest absolute Gasteiger partial charge is 0.417 e. The monoisotopic (exact) mass is 251 g/mol. The molecule has 0 aliphatic carbocycles. The van der Waals surface area contributed by atoms with Crippen molar-refractivity contribution in [2.24, 2.45) is 0 Å². The normalized spacial score (nSPS) is 11.2. The summed E-state index contributed by atoms with van der Waals surface area (Å²) in [6.07, 6.45) is -4.37. The summed E-state index contributed by atoms with van der Waals surface area (Å²) in [5.74, 6) is -0.938. The Labute approximate surface area is 93.2 Å². The van der Waals surface area contributed by atoms with Crippen LogP contribution in [0.4, 0.5) is 13.2 Å². The Morgan fingerprint density at radius 3 is 2.62 bits per heavy atom. The van der Waals surface area contributed by atoms with Gasteiger partial charge in [-0.1, -0.05) is 11.6 Å². The molecule has 1 heterocycles. The van der Waals surface area contributed by atoms with Crippen molar-refractivity contribution in [3.05, 3.63) is 28.5 Å². The fourth-order valence-electron chi connectivity index (χ4n) is 1.07. The van der Waals surface area contributed by atoms with Gasteiger partial charge in [0.2, 0.25) is 0 Å². The van der Waals surface area contributed by atoms with Crippen LogP contribution < -0.4 is 0 Å². The van der Waals surface area contributed by atoms with E-state index < -0.39 is 29.5 Å². The molecule has 0 aromatic carbocycles. The molecule has 16 heavy (non-hydrogen) atoms. The molecule has 0 saturated heterocycles. The Bertz CT molecular complexity index is 431. The molecule has 0 spiro atoms. The van der Waals surface area contributed by atoms with E-state index in [2.05, 4.69) is 4.98 Å². The fourth-order valence-corrected chi connectivity index (χ4v) is 1.23. The van der Waals surface area contributed by atoms with Crippen LogP contribution in [-0.4, -0.2) is 17.1 Å². The topological polar surface area (TPSA) is 47.0 Å². The van der Waals surface area contributed by atoms with E-state index in [4.69, 9.17) is 11.6 Å². The molecule has 0 unspecified atom stereocenters. The van der Waals surface area contributed by atoms with Gasteiger partial charge in [0.1, 0.15) is 11.4 Å². The van der Waals surface area contributed by atoms with Crippen molar-refractivity contribution in [2.45, 2.75) is 12.6 Å². The molecule has 0 saturated carbocycles. The van der Waals surface area contributed by atoms with Gasteiger partial charge in [0.25, 0.3) is 0 Å². The third kappa shape index (κ3) is 2.79. The van der Waals surface area contributed by atoms with E-state index in [9.17, 15) is 22.8 Å². The Morgan fingerprint density at radius 2 is 2.12 bits per heavy atom. The van der Waals surface area contributed by atoms with Gasteiger partial charge in [0.05, 0.1) is 12.0 Å². The first-order chi connectivity index (χ1) is 7.36. The van der Waals surface area contributed by atoms with Crippen LogP contribution in [-0.2, 0) is 11.0 Å². The number of Topliss-reactive ketones (excluding diaryl/α,β-unsaturated/α-hetero) is 1. The highest BCUT2D eigenvalue weighted by Crippen LogP contribution is 2.33. The second-order valence-corrected chi connectivity index (χ2v) is 3.23. The number of pyridine rings is 1. The number of hydrogen-bond donors (Lipinski definition) is 0. The second-order valence-electron chi connectivity index (χ2n) is 2.84. The maximum atomic E-state index is 12.5. The van der Waals surface area contributed by atoms with Gasteiger partial charge in [-0.2, -0.15) is 13.2 Å². The predicted octanol–water partition coefficient (Wildman–Crippen LogP) is 2.53. The van der Waals surface area contributed by atoms with Crippen LogP contribution in [0.25, 0.3) is 0 Å². The van der Waals surface area contributed by atoms with E-state index >= 15 is 0 Å². The molecule has 3 nitrogen and oxygen atoms in total. The number of nitrogens with zero attached hydrogens (tertiary/aromatic N) is 1. The molecule has 0 fully saturated rings. The summed E-state index contributed by atoms with van der Waals surface area (Å²) in [6.45, 7) is 0. The molecule has 0 aliphatic heterocycles. The number of hydrogen-bond acceptors (Lipinski definition) is 3. The van der Waals surface area contributed by atoms with E-state index in [1.165, 1.54) is 0 Å². The molecule has 1 aromatic heterocycles. The van der Waals surface area contributed by atoms with E-state index in [1.807, 2.05) is 0 Å². The molecule has 0 amide bonds. The van der Waals surface area contributed by atoms with Crippen LogP contribution in [0.5, 0.6) is 0 Å². The zero-order valence-corrected chi connectivity index (χ0v) is 8.47. The molecule has 0 N–H and O–H groups in total. The first kappa shape index (κ1) is 12.6. The lowest BCUT2D eigenvalue weighted by Crippen LogP contribution is -2.14. The molecule has 1 rings (SSSR count). The Morgan fingerprint density at radius 1 is 1.50 bits per heavy atom. The van der Waals surface area contributed by atoms with Gasteiger partial charge in [-0.3, -0.25) is 4.79 Å². The van der Waals surface area contributed by atoms with Crippen molar-refractivity contribution in [2.75, 3.05) is 0 Å². The van der Waals surface area contributed by atoms with E-state index in [1.54, 1.807) is 0 Å². The molecule has 1 aromatic rings. The van der Waals surface area contributed by atoms with Gasteiger partial charge in [0.15, 0.2) is 5.78 Å². The van der Waals surface area contributed by atoms with Gasteiger partial charge in [-0.15, -0.1) is 0 Å². The third-order valence-electron chi connectivity index (χ3n) is 1.75. The highest BCUT2D eigenvalue weighted by Gasteiger charge is 2.35. The molecule has 0 bridgehead atoms. The van der Waals surface area contributed by atoms with Crippen LogP contribution in [0.2, 0.25) is 5.15 Å². The number of halogens is 4. The summed E-state index contributed by atoms with van der Waals surface area (Å²) in [5, 5.41) is -0.366. The number of carbonyl (C=O) groups excluding carboxylic acids is 2. The van der Waals surface area contributed by atoms with Crippen LogP contribution in [0, 0.1) is 0 Å². The molecule has 0 atom stereocenters. The van der Waals surface area contributed by atoms with Gasteiger partial charge < -0.3 is 4.79 Å². The summed E-state index contributed by atoms with van der Waals surface area (Å²) < 4.78 is 37.5.